The first kappa shape index (κ1) is 36.9. The van der Waals surface area contributed by atoms with Crippen LogP contribution in [-0.4, -0.2) is 25.2 Å². The third kappa shape index (κ3) is 31.2. The van der Waals surface area contributed by atoms with Gasteiger partial charge in [0, 0.05) is 12.8 Å². The van der Waals surface area contributed by atoms with E-state index in [0.29, 0.717) is 26.1 Å². The SMILES string of the molecule is CCCCCCCOC(=O)CCCCCCCCCCCCCCCCCCC(=O)OCCCCCCC. The average molecular weight is 539 g/mol. The Hall–Kier alpha value is -1.06. The number of hydrogen-bond donors (Lipinski definition) is 0. The number of ether oxygens (including phenoxy) is 2. The molecule has 0 heterocycles. The zero-order chi connectivity index (χ0) is 27.8. The molecule has 0 aliphatic carbocycles. The fourth-order valence-electron chi connectivity index (χ4n) is 4.94. The second-order valence-electron chi connectivity index (χ2n) is 11.4. The lowest BCUT2D eigenvalue weighted by molar-refractivity contribution is -0.144. The molecule has 0 aliphatic rings. The van der Waals surface area contributed by atoms with Gasteiger partial charge in [-0.3, -0.25) is 9.59 Å². The van der Waals surface area contributed by atoms with Crippen molar-refractivity contribution in [3.05, 3.63) is 0 Å². The van der Waals surface area contributed by atoms with Crippen LogP contribution in [0.2, 0.25) is 0 Å². The highest BCUT2D eigenvalue weighted by atomic mass is 16.5. The molecule has 0 radical (unpaired) electrons. The lowest BCUT2D eigenvalue weighted by Gasteiger charge is -2.05. The number of carbonyl (C=O) groups excluding carboxylic acids is 2. The van der Waals surface area contributed by atoms with Crippen LogP contribution in [0.25, 0.3) is 0 Å². The van der Waals surface area contributed by atoms with Gasteiger partial charge in [-0.2, -0.15) is 0 Å². The molecule has 0 bridgehead atoms. The largest absolute Gasteiger partial charge is 0.466 e. The van der Waals surface area contributed by atoms with E-state index in [1.807, 2.05) is 0 Å². The Morgan fingerprint density at radius 2 is 0.579 bits per heavy atom. The summed E-state index contributed by atoms with van der Waals surface area (Å²) >= 11 is 0. The van der Waals surface area contributed by atoms with Gasteiger partial charge in [0.15, 0.2) is 0 Å². The van der Waals surface area contributed by atoms with Gasteiger partial charge in [0.2, 0.25) is 0 Å². The van der Waals surface area contributed by atoms with Crippen molar-refractivity contribution in [2.24, 2.45) is 0 Å². The van der Waals surface area contributed by atoms with E-state index in [1.54, 1.807) is 0 Å². The van der Waals surface area contributed by atoms with Crippen molar-refractivity contribution < 1.29 is 19.1 Å². The fourth-order valence-corrected chi connectivity index (χ4v) is 4.94. The molecule has 0 aromatic carbocycles. The Balaban J connectivity index is 3.17. The number of rotatable bonds is 31. The van der Waals surface area contributed by atoms with Gasteiger partial charge in [-0.1, -0.05) is 155 Å². The molecule has 0 N–H and O–H groups in total. The second-order valence-corrected chi connectivity index (χ2v) is 11.4. The summed E-state index contributed by atoms with van der Waals surface area (Å²) in [5.74, 6) is 0.00216. The highest BCUT2D eigenvalue weighted by Crippen LogP contribution is 2.15. The number of carbonyl (C=O) groups is 2. The molecule has 0 aliphatic heterocycles. The van der Waals surface area contributed by atoms with E-state index in [1.165, 1.54) is 128 Å². The Labute approximate surface area is 237 Å². The number of hydrogen-bond acceptors (Lipinski definition) is 4. The molecule has 4 heteroatoms. The quantitative estimate of drug-likeness (QED) is 0.0650. The lowest BCUT2D eigenvalue weighted by atomic mass is 10.0. The van der Waals surface area contributed by atoms with E-state index < -0.39 is 0 Å². The maximum absolute atomic E-state index is 11.7. The minimum absolute atomic E-state index is 0.00108. The summed E-state index contributed by atoms with van der Waals surface area (Å²) < 4.78 is 10.7. The van der Waals surface area contributed by atoms with Gasteiger partial charge in [-0.05, 0) is 25.7 Å². The molecular weight excluding hydrogens is 472 g/mol. The van der Waals surface area contributed by atoms with Crippen LogP contribution in [0.3, 0.4) is 0 Å². The minimum atomic E-state index is 0.00108. The maximum Gasteiger partial charge on any atom is 0.305 e. The van der Waals surface area contributed by atoms with E-state index >= 15 is 0 Å². The molecule has 226 valence electrons. The van der Waals surface area contributed by atoms with Crippen molar-refractivity contribution in [2.75, 3.05) is 13.2 Å². The van der Waals surface area contributed by atoms with Crippen LogP contribution in [0, 0.1) is 0 Å². The molecule has 0 rings (SSSR count). The van der Waals surface area contributed by atoms with Crippen LogP contribution in [0.4, 0.5) is 0 Å². The summed E-state index contributed by atoms with van der Waals surface area (Å²) in [7, 11) is 0. The molecule has 38 heavy (non-hydrogen) atoms. The Kier molecular flexibility index (Phi) is 31.3. The first-order chi connectivity index (χ1) is 18.7. The topological polar surface area (TPSA) is 52.6 Å². The van der Waals surface area contributed by atoms with Gasteiger partial charge >= 0.3 is 11.9 Å². The summed E-state index contributed by atoms with van der Waals surface area (Å²) in [6.07, 6.45) is 33.5. The molecule has 0 aromatic heterocycles. The summed E-state index contributed by atoms with van der Waals surface area (Å²) in [6, 6.07) is 0. The van der Waals surface area contributed by atoms with Crippen LogP contribution in [0.1, 0.15) is 194 Å². The van der Waals surface area contributed by atoms with E-state index in [4.69, 9.17) is 9.47 Å². The van der Waals surface area contributed by atoms with E-state index in [9.17, 15) is 9.59 Å². The summed E-state index contributed by atoms with van der Waals surface area (Å²) in [5.41, 5.74) is 0. The predicted molar refractivity (Wildman–Crippen MR) is 163 cm³/mol. The van der Waals surface area contributed by atoms with Crippen LogP contribution in [-0.2, 0) is 19.1 Å². The molecular formula is C34H66O4. The molecule has 0 fully saturated rings. The van der Waals surface area contributed by atoms with Crippen molar-refractivity contribution in [3.63, 3.8) is 0 Å². The fraction of sp³-hybridized carbons (Fsp3) is 0.941. The van der Waals surface area contributed by atoms with Crippen molar-refractivity contribution in [3.8, 4) is 0 Å². The maximum atomic E-state index is 11.7. The Morgan fingerprint density at radius 1 is 0.342 bits per heavy atom. The molecule has 0 saturated carbocycles. The highest BCUT2D eigenvalue weighted by molar-refractivity contribution is 5.69. The highest BCUT2D eigenvalue weighted by Gasteiger charge is 2.03. The summed E-state index contributed by atoms with van der Waals surface area (Å²) in [4.78, 5) is 23.5. The van der Waals surface area contributed by atoms with Crippen molar-refractivity contribution in [2.45, 2.75) is 194 Å². The van der Waals surface area contributed by atoms with Gasteiger partial charge in [0.1, 0.15) is 0 Å². The third-order valence-electron chi connectivity index (χ3n) is 7.53. The molecule has 0 atom stereocenters. The lowest BCUT2D eigenvalue weighted by Crippen LogP contribution is -2.05. The van der Waals surface area contributed by atoms with Crippen molar-refractivity contribution in [1.82, 2.24) is 0 Å². The predicted octanol–water partition coefficient (Wildman–Crippen LogP) is 11.0. The zero-order valence-electron chi connectivity index (χ0n) is 25.8. The average Bonchev–Trinajstić information content (AvgIpc) is 2.91. The summed E-state index contributed by atoms with van der Waals surface area (Å²) in [6.45, 7) is 5.66. The molecule has 0 unspecified atom stereocenters. The van der Waals surface area contributed by atoms with Gasteiger partial charge in [-0.15, -0.1) is 0 Å². The molecule has 0 spiro atoms. The number of unbranched alkanes of at least 4 members (excludes halogenated alkanes) is 23. The van der Waals surface area contributed by atoms with Crippen LogP contribution in [0.5, 0.6) is 0 Å². The summed E-state index contributed by atoms with van der Waals surface area (Å²) in [5, 5.41) is 0. The van der Waals surface area contributed by atoms with Gasteiger partial charge in [-0.25, -0.2) is 0 Å². The number of esters is 2. The van der Waals surface area contributed by atoms with Gasteiger partial charge in [0.25, 0.3) is 0 Å². The van der Waals surface area contributed by atoms with Gasteiger partial charge in [0.05, 0.1) is 13.2 Å². The van der Waals surface area contributed by atoms with Crippen molar-refractivity contribution in [1.29, 1.82) is 0 Å². The first-order valence-electron chi connectivity index (χ1n) is 17.0. The Morgan fingerprint density at radius 3 is 0.868 bits per heavy atom. The monoisotopic (exact) mass is 538 g/mol. The molecule has 4 nitrogen and oxygen atoms in total. The molecule has 0 amide bonds. The molecule has 0 saturated heterocycles. The second kappa shape index (κ2) is 32.2. The third-order valence-corrected chi connectivity index (χ3v) is 7.53. The zero-order valence-corrected chi connectivity index (χ0v) is 25.8. The first-order valence-corrected chi connectivity index (χ1v) is 17.0. The van der Waals surface area contributed by atoms with Crippen molar-refractivity contribution >= 4 is 11.9 Å². The standard InChI is InChI=1S/C34H66O4/c1-3-5-7-23-27-31-37-33(35)29-25-21-19-17-15-13-11-9-10-12-14-16-18-20-22-26-30-34(36)38-32-28-24-8-6-4-2/h3-32H2,1-2H3. The van der Waals surface area contributed by atoms with E-state index in [-0.39, 0.29) is 11.9 Å². The normalized spacial score (nSPS) is 11.1. The molecule has 0 aromatic rings. The smallest absolute Gasteiger partial charge is 0.305 e. The van der Waals surface area contributed by atoms with Crippen LogP contribution >= 0.6 is 0 Å². The van der Waals surface area contributed by atoms with E-state index in [2.05, 4.69) is 13.8 Å². The van der Waals surface area contributed by atoms with E-state index in [0.717, 1.165) is 38.5 Å². The van der Waals surface area contributed by atoms with Crippen LogP contribution in [0.15, 0.2) is 0 Å². The van der Waals surface area contributed by atoms with Gasteiger partial charge < -0.3 is 9.47 Å². The van der Waals surface area contributed by atoms with Crippen LogP contribution < -0.4 is 0 Å². The Bertz CT molecular complexity index is 447. The minimum Gasteiger partial charge on any atom is -0.466 e.